The number of fused-ring (bicyclic) bond motifs is 1. The summed E-state index contributed by atoms with van der Waals surface area (Å²) in [6.45, 7) is 1.45. The summed E-state index contributed by atoms with van der Waals surface area (Å²) in [5.41, 5.74) is 3.12. The molecule has 1 aromatic heterocycles. The molecule has 1 aliphatic rings. The highest BCUT2D eigenvalue weighted by molar-refractivity contribution is 9.10. The lowest BCUT2D eigenvalue weighted by molar-refractivity contribution is -0.134. The minimum atomic E-state index is 0.0969. The zero-order valence-corrected chi connectivity index (χ0v) is 15.9. The first kappa shape index (κ1) is 16.8. The van der Waals surface area contributed by atoms with Gasteiger partial charge in [0.1, 0.15) is 18.1 Å². The van der Waals surface area contributed by atoms with Crippen molar-refractivity contribution >= 4 is 21.8 Å². The summed E-state index contributed by atoms with van der Waals surface area (Å²) in [7, 11) is 1.65. The van der Waals surface area contributed by atoms with Crippen molar-refractivity contribution in [2.75, 3.05) is 7.11 Å². The molecular formula is C20H18BrN3O2. The van der Waals surface area contributed by atoms with Crippen LogP contribution in [0.25, 0.3) is 11.4 Å². The summed E-state index contributed by atoms with van der Waals surface area (Å²) in [6.07, 6.45) is 1.86. The Kier molecular flexibility index (Phi) is 4.51. The third-order valence-corrected chi connectivity index (χ3v) is 5.28. The molecule has 4 rings (SSSR count). The first-order valence-corrected chi connectivity index (χ1v) is 9.15. The Labute approximate surface area is 160 Å². The molecule has 0 N–H and O–H groups in total. The van der Waals surface area contributed by atoms with Gasteiger partial charge in [0.05, 0.1) is 25.5 Å². The Bertz CT molecular complexity index is 950. The van der Waals surface area contributed by atoms with Crippen LogP contribution in [0.15, 0.2) is 59.2 Å². The van der Waals surface area contributed by atoms with Crippen LogP contribution in [0.4, 0.5) is 0 Å². The fourth-order valence-electron chi connectivity index (χ4n) is 3.19. The van der Waals surface area contributed by atoms with Crippen LogP contribution >= 0.6 is 15.9 Å². The number of carbonyl (C=O) groups is 1. The second-order valence-electron chi connectivity index (χ2n) is 6.24. The maximum Gasteiger partial charge on any atom is 0.243 e. The summed E-state index contributed by atoms with van der Waals surface area (Å²) in [4.78, 5) is 19.1. The van der Waals surface area contributed by atoms with Crippen LogP contribution in [-0.4, -0.2) is 27.5 Å². The lowest BCUT2D eigenvalue weighted by atomic mass is 10.1. The summed E-state index contributed by atoms with van der Waals surface area (Å²) in [6, 6.07) is 15.7. The molecule has 0 saturated heterocycles. The van der Waals surface area contributed by atoms with Crippen molar-refractivity contribution < 1.29 is 9.53 Å². The number of benzene rings is 2. The minimum Gasteiger partial charge on any atom is -0.497 e. The fraction of sp³-hybridized carbons (Fsp3) is 0.200. The minimum absolute atomic E-state index is 0.0969. The molecule has 0 unspecified atom stereocenters. The van der Waals surface area contributed by atoms with Gasteiger partial charge in [-0.3, -0.25) is 4.79 Å². The van der Waals surface area contributed by atoms with Crippen molar-refractivity contribution in [1.29, 1.82) is 0 Å². The zero-order chi connectivity index (χ0) is 18.1. The number of methoxy groups -OCH3 is 1. The van der Waals surface area contributed by atoms with Crippen LogP contribution in [0.3, 0.4) is 0 Å². The molecule has 1 aliphatic heterocycles. The van der Waals surface area contributed by atoms with Gasteiger partial charge < -0.3 is 14.2 Å². The van der Waals surface area contributed by atoms with E-state index in [0.717, 1.165) is 32.9 Å². The van der Waals surface area contributed by atoms with Crippen molar-refractivity contribution in [3.8, 4) is 17.1 Å². The first-order chi connectivity index (χ1) is 12.7. The van der Waals surface area contributed by atoms with Gasteiger partial charge in [-0.15, -0.1) is 0 Å². The Hall–Kier alpha value is -2.60. The summed E-state index contributed by atoms with van der Waals surface area (Å²) < 4.78 is 8.17. The summed E-state index contributed by atoms with van der Waals surface area (Å²) in [5.74, 6) is 1.74. The number of aromatic nitrogens is 2. The van der Waals surface area contributed by atoms with Crippen molar-refractivity contribution in [1.82, 2.24) is 14.5 Å². The van der Waals surface area contributed by atoms with Gasteiger partial charge in [0.25, 0.3) is 0 Å². The number of hydrogen-bond acceptors (Lipinski definition) is 3. The van der Waals surface area contributed by atoms with Crippen LogP contribution < -0.4 is 4.74 Å². The largest absolute Gasteiger partial charge is 0.497 e. The van der Waals surface area contributed by atoms with Gasteiger partial charge in [0.2, 0.25) is 5.91 Å². The Morgan fingerprint density at radius 2 is 1.88 bits per heavy atom. The van der Waals surface area contributed by atoms with Crippen molar-refractivity contribution in [2.45, 2.75) is 19.6 Å². The summed E-state index contributed by atoms with van der Waals surface area (Å²) >= 11 is 3.57. The topological polar surface area (TPSA) is 47.4 Å². The van der Waals surface area contributed by atoms with E-state index in [1.165, 1.54) is 0 Å². The van der Waals surface area contributed by atoms with Crippen LogP contribution in [-0.2, 0) is 24.4 Å². The number of ether oxygens (including phenoxy) is 1. The molecule has 2 aromatic carbocycles. The molecular weight excluding hydrogens is 394 g/mol. The number of amides is 1. The molecule has 1 amide bonds. The van der Waals surface area contributed by atoms with Crippen molar-refractivity contribution in [3.63, 3.8) is 0 Å². The molecule has 5 nitrogen and oxygen atoms in total. The Morgan fingerprint density at radius 1 is 1.12 bits per heavy atom. The van der Waals surface area contributed by atoms with Gasteiger partial charge >= 0.3 is 0 Å². The second-order valence-corrected chi connectivity index (χ2v) is 7.09. The number of carbonyl (C=O) groups excluding carboxylic acids is 1. The quantitative estimate of drug-likeness (QED) is 0.654. The lowest BCUT2D eigenvalue weighted by Crippen LogP contribution is -2.38. The average Bonchev–Trinajstić information content (AvgIpc) is 3.05. The van der Waals surface area contributed by atoms with E-state index in [1.54, 1.807) is 7.11 Å². The number of imidazole rings is 1. The number of rotatable bonds is 4. The molecule has 0 bridgehead atoms. The highest BCUT2D eigenvalue weighted by atomic mass is 79.9. The number of nitrogens with zero attached hydrogens (tertiary/aromatic N) is 3. The lowest BCUT2D eigenvalue weighted by Gasteiger charge is -2.29. The molecule has 3 aromatic rings. The normalized spacial score (nSPS) is 13.6. The molecule has 0 fully saturated rings. The second kappa shape index (κ2) is 6.96. The van der Waals surface area contributed by atoms with Gasteiger partial charge in [-0.25, -0.2) is 4.98 Å². The zero-order valence-electron chi connectivity index (χ0n) is 14.4. The average molecular weight is 412 g/mol. The highest BCUT2D eigenvalue weighted by Gasteiger charge is 2.26. The Morgan fingerprint density at radius 3 is 2.62 bits per heavy atom. The smallest absolute Gasteiger partial charge is 0.243 e. The SMILES string of the molecule is COc1ccc(CN2Cc3cnc(-c4ccccc4Br)n3CC2=O)cc1. The van der Waals surface area contributed by atoms with Crippen LogP contribution in [0, 0.1) is 0 Å². The van der Waals surface area contributed by atoms with Gasteiger partial charge in [0.15, 0.2) is 0 Å². The number of hydrogen-bond donors (Lipinski definition) is 0. The van der Waals surface area contributed by atoms with Crippen molar-refractivity contribution in [2.24, 2.45) is 0 Å². The van der Waals surface area contributed by atoms with Gasteiger partial charge in [-0.2, -0.15) is 0 Å². The molecule has 0 aliphatic carbocycles. The van der Waals surface area contributed by atoms with Gasteiger partial charge in [-0.1, -0.05) is 46.3 Å². The van der Waals surface area contributed by atoms with Crippen LogP contribution in [0.1, 0.15) is 11.3 Å². The molecule has 26 heavy (non-hydrogen) atoms. The number of halogens is 1. The molecule has 0 saturated carbocycles. The van der Waals surface area contributed by atoms with E-state index in [1.807, 2.05) is 64.2 Å². The van der Waals surface area contributed by atoms with E-state index in [-0.39, 0.29) is 5.91 Å². The van der Waals surface area contributed by atoms with E-state index >= 15 is 0 Å². The van der Waals surface area contributed by atoms with E-state index in [0.29, 0.717) is 19.6 Å². The molecule has 0 radical (unpaired) electrons. The highest BCUT2D eigenvalue weighted by Crippen LogP contribution is 2.30. The van der Waals surface area contributed by atoms with Gasteiger partial charge in [-0.05, 0) is 23.8 Å². The van der Waals surface area contributed by atoms with Crippen molar-refractivity contribution in [3.05, 3.63) is 70.5 Å². The fourth-order valence-corrected chi connectivity index (χ4v) is 3.65. The third kappa shape index (κ3) is 3.12. The van der Waals surface area contributed by atoms with E-state index in [2.05, 4.69) is 20.9 Å². The van der Waals surface area contributed by atoms with E-state index < -0.39 is 0 Å². The Balaban J connectivity index is 1.58. The molecule has 0 atom stereocenters. The van der Waals surface area contributed by atoms with E-state index in [9.17, 15) is 4.79 Å². The third-order valence-electron chi connectivity index (χ3n) is 4.58. The maximum atomic E-state index is 12.7. The predicted octanol–water partition coefficient (Wildman–Crippen LogP) is 3.86. The first-order valence-electron chi connectivity index (χ1n) is 8.35. The van der Waals surface area contributed by atoms with E-state index in [4.69, 9.17) is 4.74 Å². The van der Waals surface area contributed by atoms with Crippen LogP contribution in [0.5, 0.6) is 5.75 Å². The summed E-state index contributed by atoms with van der Waals surface area (Å²) in [5, 5.41) is 0. The predicted molar refractivity (Wildman–Crippen MR) is 103 cm³/mol. The molecule has 2 heterocycles. The van der Waals surface area contributed by atoms with Gasteiger partial charge in [0, 0.05) is 16.6 Å². The van der Waals surface area contributed by atoms with Crippen LogP contribution in [0.2, 0.25) is 0 Å². The molecule has 6 heteroatoms. The molecule has 0 spiro atoms. The standard InChI is InChI=1S/C20H18BrN3O2/c1-26-16-8-6-14(7-9-16)11-23-12-15-10-22-20(24(15)13-19(23)25)17-4-2-3-5-18(17)21/h2-10H,11-13H2,1H3. The monoisotopic (exact) mass is 411 g/mol. The molecule has 132 valence electrons. The maximum absolute atomic E-state index is 12.7.